The van der Waals surface area contributed by atoms with Crippen LogP contribution in [0.1, 0.15) is 6.92 Å². The molecule has 0 radical (unpaired) electrons. The lowest BCUT2D eigenvalue weighted by molar-refractivity contribution is -0.158. The molecular weight excluding hydrogens is 224 g/mol. The Morgan fingerprint density at radius 2 is 1.82 bits per heavy atom. The summed E-state index contributed by atoms with van der Waals surface area (Å²) in [5.41, 5.74) is 0. The van der Waals surface area contributed by atoms with Crippen LogP contribution in [0.15, 0.2) is 18.2 Å². The van der Waals surface area contributed by atoms with Crippen LogP contribution in [0.4, 0.5) is 0 Å². The van der Waals surface area contributed by atoms with E-state index < -0.39 is 5.79 Å². The number of methoxy groups -OCH3 is 3. The van der Waals surface area contributed by atoms with E-state index in [1.54, 1.807) is 25.3 Å². The maximum atomic E-state index is 9.88. The Kier molecular flexibility index (Phi) is 4.60. The van der Waals surface area contributed by atoms with Gasteiger partial charge in [-0.1, -0.05) is 0 Å². The van der Waals surface area contributed by atoms with Gasteiger partial charge < -0.3 is 24.1 Å². The van der Waals surface area contributed by atoms with Crippen molar-refractivity contribution in [1.29, 1.82) is 0 Å². The Hall–Kier alpha value is -1.46. The average Bonchev–Trinajstić information content (AvgIpc) is 2.29. The fourth-order valence-electron chi connectivity index (χ4n) is 1.39. The highest BCUT2D eigenvalue weighted by molar-refractivity contribution is 5.45. The molecule has 0 heterocycles. The van der Waals surface area contributed by atoms with Crippen LogP contribution >= 0.6 is 0 Å². The highest BCUT2D eigenvalue weighted by Crippen LogP contribution is 2.33. The minimum absolute atomic E-state index is 0.0577. The molecule has 0 saturated heterocycles. The summed E-state index contributed by atoms with van der Waals surface area (Å²) in [6.07, 6.45) is 0. The number of aliphatic hydroxyl groups is 1. The highest BCUT2D eigenvalue weighted by atomic mass is 16.7. The molecule has 1 atom stereocenters. The zero-order chi connectivity index (χ0) is 12.9. The molecule has 0 aliphatic carbocycles. The number of ether oxygens (including phenoxy) is 4. The summed E-state index contributed by atoms with van der Waals surface area (Å²) in [6, 6.07) is 5.07. The molecule has 1 aromatic rings. The number of hydrogen-bond donors (Lipinski definition) is 1. The SMILES string of the molecule is COCC(C)(O)Oc1ccc(OC)cc1OC. The molecule has 17 heavy (non-hydrogen) atoms. The van der Waals surface area contributed by atoms with Gasteiger partial charge in [-0.25, -0.2) is 0 Å². The third kappa shape index (κ3) is 3.80. The Bertz CT molecular complexity index is 362. The van der Waals surface area contributed by atoms with Crippen molar-refractivity contribution in [3.05, 3.63) is 18.2 Å². The molecule has 0 saturated carbocycles. The maximum Gasteiger partial charge on any atom is 0.229 e. The van der Waals surface area contributed by atoms with E-state index in [0.29, 0.717) is 17.2 Å². The summed E-state index contributed by atoms with van der Waals surface area (Å²) in [4.78, 5) is 0. The molecule has 1 unspecified atom stereocenters. The van der Waals surface area contributed by atoms with Crippen molar-refractivity contribution in [3.63, 3.8) is 0 Å². The van der Waals surface area contributed by atoms with E-state index >= 15 is 0 Å². The van der Waals surface area contributed by atoms with Crippen LogP contribution in [-0.4, -0.2) is 38.8 Å². The van der Waals surface area contributed by atoms with Gasteiger partial charge in [0.25, 0.3) is 0 Å². The Balaban J connectivity index is 2.90. The van der Waals surface area contributed by atoms with Crippen LogP contribution in [0.5, 0.6) is 17.2 Å². The van der Waals surface area contributed by atoms with E-state index in [2.05, 4.69) is 0 Å². The molecule has 0 aliphatic heterocycles. The van der Waals surface area contributed by atoms with Gasteiger partial charge in [0, 0.05) is 20.1 Å². The maximum absolute atomic E-state index is 9.88. The predicted octanol–water partition coefficient (Wildman–Crippen LogP) is 1.44. The molecule has 1 aromatic carbocycles. The van der Waals surface area contributed by atoms with Gasteiger partial charge in [-0.15, -0.1) is 0 Å². The van der Waals surface area contributed by atoms with Crippen LogP contribution in [0, 0.1) is 0 Å². The van der Waals surface area contributed by atoms with Gasteiger partial charge in [0.2, 0.25) is 5.79 Å². The van der Waals surface area contributed by atoms with E-state index in [0.717, 1.165) is 0 Å². The van der Waals surface area contributed by atoms with Crippen molar-refractivity contribution >= 4 is 0 Å². The Morgan fingerprint density at radius 3 is 2.35 bits per heavy atom. The van der Waals surface area contributed by atoms with Crippen molar-refractivity contribution in [3.8, 4) is 17.2 Å². The summed E-state index contributed by atoms with van der Waals surface area (Å²) in [7, 11) is 4.58. The van der Waals surface area contributed by atoms with Gasteiger partial charge in [0.1, 0.15) is 12.4 Å². The third-order valence-electron chi connectivity index (χ3n) is 2.11. The average molecular weight is 242 g/mol. The summed E-state index contributed by atoms with van der Waals surface area (Å²) < 4.78 is 20.5. The fourth-order valence-corrected chi connectivity index (χ4v) is 1.39. The Labute approximate surface area is 101 Å². The molecule has 96 valence electrons. The lowest BCUT2D eigenvalue weighted by Gasteiger charge is -2.24. The second kappa shape index (κ2) is 5.75. The predicted molar refractivity (Wildman–Crippen MR) is 62.7 cm³/mol. The van der Waals surface area contributed by atoms with Gasteiger partial charge in [0.15, 0.2) is 11.5 Å². The third-order valence-corrected chi connectivity index (χ3v) is 2.11. The van der Waals surface area contributed by atoms with Crippen LogP contribution in [0.25, 0.3) is 0 Å². The molecular formula is C12H18O5. The lowest BCUT2D eigenvalue weighted by Crippen LogP contribution is -2.37. The van der Waals surface area contributed by atoms with Crippen molar-refractivity contribution in [2.24, 2.45) is 0 Å². The van der Waals surface area contributed by atoms with E-state index in [1.165, 1.54) is 21.1 Å². The van der Waals surface area contributed by atoms with Crippen molar-refractivity contribution < 1.29 is 24.1 Å². The second-order valence-electron chi connectivity index (χ2n) is 3.73. The lowest BCUT2D eigenvalue weighted by atomic mass is 10.3. The van der Waals surface area contributed by atoms with Gasteiger partial charge in [0.05, 0.1) is 14.2 Å². The second-order valence-corrected chi connectivity index (χ2v) is 3.73. The van der Waals surface area contributed by atoms with E-state index in [9.17, 15) is 5.11 Å². The molecule has 0 spiro atoms. The smallest absolute Gasteiger partial charge is 0.229 e. The number of hydrogen-bond acceptors (Lipinski definition) is 5. The summed E-state index contributed by atoms with van der Waals surface area (Å²) in [5, 5.41) is 9.88. The Morgan fingerprint density at radius 1 is 1.12 bits per heavy atom. The molecule has 0 bridgehead atoms. The first-order valence-corrected chi connectivity index (χ1v) is 5.15. The van der Waals surface area contributed by atoms with Gasteiger partial charge >= 0.3 is 0 Å². The van der Waals surface area contributed by atoms with Gasteiger partial charge in [-0.3, -0.25) is 0 Å². The standard InChI is InChI=1S/C12H18O5/c1-12(13,8-14-2)17-10-6-5-9(15-3)7-11(10)16-4/h5-7,13H,8H2,1-4H3. The fraction of sp³-hybridized carbons (Fsp3) is 0.500. The summed E-state index contributed by atoms with van der Waals surface area (Å²) in [6.45, 7) is 1.57. The molecule has 0 aliphatic rings. The molecule has 0 amide bonds. The number of rotatable bonds is 6. The van der Waals surface area contributed by atoms with Crippen molar-refractivity contribution in [2.45, 2.75) is 12.7 Å². The molecule has 1 rings (SSSR count). The van der Waals surface area contributed by atoms with E-state index in [1.807, 2.05) is 0 Å². The van der Waals surface area contributed by atoms with Crippen LogP contribution in [0.2, 0.25) is 0 Å². The van der Waals surface area contributed by atoms with E-state index in [4.69, 9.17) is 18.9 Å². The highest BCUT2D eigenvalue weighted by Gasteiger charge is 2.24. The molecule has 1 N–H and O–H groups in total. The van der Waals surface area contributed by atoms with Crippen LogP contribution in [0.3, 0.4) is 0 Å². The van der Waals surface area contributed by atoms with Crippen molar-refractivity contribution in [2.75, 3.05) is 27.9 Å². The zero-order valence-electron chi connectivity index (χ0n) is 10.5. The van der Waals surface area contributed by atoms with Gasteiger partial charge in [-0.2, -0.15) is 0 Å². The molecule has 0 aromatic heterocycles. The van der Waals surface area contributed by atoms with Crippen LogP contribution in [-0.2, 0) is 4.74 Å². The summed E-state index contributed by atoms with van der Waals surface area (Å²) >= 11 is 0. The first kappa shape index (κ1) is 13.6. The quantitative estimate of drug-likeness (QED) is 0.765. The van der Waals surface area contributed by atoms with Crippen molar-refractivity contribution in [1.82, 2.24) is 0 Å². The first-order valence-electron chi connectivity index (χ1n) is 5.15. The summed E-state index contributed by atoms with van der Waals surface area (Å²) in [5.74, 6) is 0.160. The largest absolute Gasteiger partial charge is 0.497 e. The molecule has 5 nitrogen and oxygen atoms in total. The van der Waals surface area contributed by atoms with E-state index in [-0.39, 0.29) is 6.61 Å². The zero-order valence-corrected chi connectivity index (χ0v) is 10.5. The molecule has 0 fully saturated rings. The first-order chi connectivity index (χ1) is 8.02. The number of benzene rings is 1. The minimum atomic E-state index is -1.41. The monoisotopic (exact) mass is 242 g/mol. The molecule has 5 heteroatoms. The van der Waals surface area contributed by atoms with Crippen LogP contribution < -0.4 is 14.2 Å². The van der Waals surface area contributed by atoms with Gasteiger partial charge in [-0.05, 0) is 12.1 Å². The minimum Gasteiger partial charge on any atom is -0.497 e. The topological polar surface area (TPSA) is 57.2 Å². The normalized spacial score (nSPS) is 13.9.